The van der Waals surface area contributed by atoms with Gasteiger partial charge in [0, 0.05) is 26.2 Å². The van der Waals surface area contributed by atoms with E-state index in [-0.39, 0.29) is 23.1 Å². The molecular weight excluding hydrogens is 440 g/mol. The molecule has 1 spiro atoms. The van der Waals surface area contributed by atoms with Gasteiger partial charge < -0.3 is 14.9 Å². The van der Waals surface area contributed by atoms with E-state index in [0.717, 1.165) is 67.7 Å². The van der Waals surface area contributed by atoms with Gasteiger partial charge in [0.2, 0.25) is 5.91 Å². The van der Waals surface area contributed by atoms with Crippen molar-refractivity contribution in [3.63, 3.8) is 0 Å². The van der Waals surface area contributed by atoms with Gasteiger partial charge in [0.25, 0.3) is 0 Å². The minimum Gasteiger partial charge on any atom is -0.578 e. The van der Waals surface area contributed by atoms with E-state index < -0.39 is 0 Å². The van der Waals surface area contributed by atoms with E-state index in [2.05, 4.69) is 14.9 Å². The lowest BCUT2D eigenvalue weighted by Crippen LogP contribution is -2.53. The van der Waals surface area contributed by atoms with Crippen molar-refractivity contribution in [3.05, 3.63) is 65.9 Å². The molecule has 180 valence electrons. The molecule has 2 aliphatic heterocycles. The summed E-state index contributed by atoms with van der Waals surface area (Å²) >= 11 is 0. The first-order valence-corrected chi connectivity index (χ1v) is 12.1. The first-order chi connectivity index (χ1) is 16.9. The van der Waals surface area contributed by atoms with Gasteiger partial charge in [0.1, 0.15) is 11.7 Å². The number of hydrogen-bond donors (Lipinski definition) is 1. The van der Waals surface area contributed by atoms with Crippen LogP contribution in [0, 0.1) is 10.8 Å². The average Bonchev–Trinajstić information content (AvgIpc) is 2.87. The molecule has 2 saturated heterocycles. The average molecular weight is 472 g/mol. The number of fused-ring (bicyclic) bond motifs is 1. The molecule has 2 aromatic carbocycles. The fraction of sp³-hybridized carbons (Fsp3) is 0.370. The fourth-order valence-electron chi connectivity index (χ4n) is 5.30. The molecule has 0 radical (unpaired) electrons. The summed E-state index contributed by atoms with van der Waals surface area (Å²) in [6.45, 7) is 4.44. The number of benzene rings is 2. The number of carbonyl (C=O) groups excluding carboxylic acids is 1. The van der Waals surface area contributed by atoms with E-state index in [1.54, 1.807) is 6.92 Å². The molecule has 0 unspecified atom stereocenters. The number of nitrogens with zero attached hydrogens (tertiary/aromatic N) is 5. The van der Waals surface area contributed by atoms with Crippen molar-refractivity contribution in [1.82, 2.24) is 14.9 Å². The van der Waals surface area contributed by atoms with Crippen LogP contribution in [0.3, 0.4) is 0 Å². The quantitative estimate of drug-likeness (QED) is 0.357. The molecule has 3 N–H and O–H groups in total. The van der Waals surface area contributed by atoms with Gasteiger partial charge >= 0.3 is 5.90 Å². The van der Waals surface area contributed by atoms with Crippen molar-refractivity contribution in [2.45, 2.75) is 39.2 Å². The van der Waals surface area contributed by atoms with Gasteiger partial charge in [0.15, 0.2) is 0 Å². The Bertz CT molecular complexity index is 1300. The van der Waals surface area contributed by atoms with Crippen LogP contribution in [0.1, 0.15) is 43.7 Å². The number of aromatic nitrogens is 2. The van der Waals surface area contributed by atoms with Crippen LogP contribution in [-0.2, 0) is 11.3 Å². The van der Waals surface area contributed by atoms with Crippen LogP contribution in [-0.4, -0.2) is 57.2 Å². The second-order valence-corrected chi connectivity index (χ2v) is 9.56. The maximum absolute atomic E-state index is 13.7. The van der Waals surface area contributed by atoms with E-state index in [1.165, 1.54) is 0 Å². The monoisotopic (exact) mass is 471 g/mol. The predicted molar refractivity (Wildman–Crippen MR) is 138 cm³/mol. The van der Waals surface area contributed by atoms with Gasteiger partial charge in [0.05, 0.1) is 28.2 Å². The summed E-state index contributed by atoms with van der Waals surface area (Å²) in [5.74, 6) is 1.30. The molecule has 1 amide bonds. The Kier molecular flexibility index (Phi) is 6.19. The zero-order chi connectivity index (χ0) is 24.4. The van der Waals surface area contributed by atoms with Crippen LogP contribution < -0.4 is 4.90 Å². The van der Waals surface area contributed by atoms with E-state index >= 15 is 0 Å². The first-order valence-electron chi connectivity index (χ1n) is 12.1. The second-order valence-electron chi connectivity index (χ2n) is 9.56. The van der Waals surface area contributed by atoms with Crippen molar-refractivity contribution >= 4 is 34.5 Å². The number of nitrogens with one attached hydrogen (secondary N) is 1. The van der Waals surface area contributed by atoms with Gasteiger partial charge in [-0.15, -0.1) is 0 Å². The summed E-state index contributed by atoms with van der Waals surface area (Å²) in [5, 5.41) is 15.6. The standard InChI is InChI=1S/C27H30N6O2/c1-19(28)30-25(34)21-7-4-6-20(16-21)18-33-13-5-10-27(26(33)35)11-14-32(15-12-27)24-17-29-22-8-2-3-9-23(22)31-24/h2-4,6-9,16-17H,5,10-15,18H2,1H3,(H2,28,30,34)/p+1. The van der Waals surface area contributed by atoms with Crippen molar-refractivity contribution in [2.75, 3.05) is 24.5 Å². The highest BCUT2D eigenvalue weighted by atomic mass is 16.3. The lowest BCUT2D eigenvalue weighted by atomic mass is 9.71. The largest absolute Gasteiger partial charge is 0.578 e. The number of likely N-dealkylation sites (tertiary alicyclic amines) is 1. The number of hydrogen-bond acceptors (Lipinski definition) is 5. The summed E-state index contributed by atoms with van der Waals surface area (Å²) in [6.07, 6.45) is 5.41. The van der Waals surface area contributed by atoms with Crippen LogP contribution in [0.2, 0.25) is 0 Å². The number of aliphatic imine (C=N–C) groups is 1. The molecule has 0 atom stereocenters. The normalized spacial score (nSPS) is 18.3. The molecule has 35 heavy (non-hydrogen) atoms. The number of amidine groups is 1. The molecule has 0 aliphatic carbocycles. The van der Waals surface area contributed by atoms with Crippen molar-refractivity contribution in [1.29, 1.82) is 5.41 Å². The molecule has 3 heterocycles. The van der Waals surface area contributed by atoms with Gasteiger partial charge in [-0.25, -0.2) is 4.98 Å². The predicted octanol–water partition coefficient (Wildman–Crippen LogP) is 3.51. The highest BCUT2D eigenvalue weighted by Gasteiger charge is 2.45. The number of carbonyl (C=O) groups is 1. The Labute approximate surface area is 204 Å². The van der Waals surface area contributed by atoms with E-state index in [4.69, 9.17) is 15.5 Å². The zero-order valence-electron chi connectivity index (χ0n) is 20.0. The molecule has 0 bridgehead atoms. The lowest BCUT2D eigenvalue weighted by Gasteiger charge is -2.46. The molecule has 8 heteroatoms. The SMILES string of the molecule is CC(=N)N=C([OH2+])c1cccc(CN2CCCC3(CCN(c4cnc5ccccc5n4)CC3)C2=O)c1. The number of para-hydroxylation sites is 2. The molecule has 0 saturated carbocycles. The summed E-state index contributed by atoms with van der Waals surface area (Å²) in [7, 11) is 0. The molecule has 5 rings (SSSR count). The highest BCUT2D eigenvalue weighted by molar-refractivity contribution is 6.00. The van der Waals surface area contributed by atoms with Crippen LogP contribution in [0.15, 0.2) is 59.7 Å². The maximum atomic E-state index is 13.7. The van der Waals surface area contributed by atoms with Crippen molar-refractivity contribution < 1.29 is 9.90 Å². The van der Waals surface area contributed by atoms with Gasteiger partial charge in [-0.3, -0.25) is 15.2 Å². The number of anilines is 1. The number of rotatable bonds is 4. The third-order valence-electron chi connectivity index (χ3n) is 7.16. The highest BCUT2D eigenvalue weighted by Crippen LogP contribution is 2.42. The lowest BCUT2D eigenvalue weighted by molar-refractivity contribution is -0.148. The molecule has 1 aromatic heterocycles. The minimum absolute atomic E-state index is 0.0740. The second kappa shape index (κ2) is 9.44. The van der Waals surface area contributed by atoms with Crippen LogP contribution in [0.25, 0.3) is 11.0 Å². The minimum atomic E-state index is -0.310. The van der Waals surface area contributed by atoms with Gasteiger partial charge in [-0.05, 0) is 62.4 Å². The summed E-state index contributed by atoms with van der Waals surface area (Å²) in [4.78, 5) is 31.2. The number of amides is 1. The van der Waals surface area contributed by atoms with Crippen LogP contribution >= 0.6 is 0 Å². The Morgan fingerprint density at radius 2 is 1.86 bits per heavy atom. The van der Waals surface area contributed by atoms with E-state index in [1.807, 2.05) is 59.6 Å². The smallest absolute Gasteiger partial charge is 0.366 e. The first kappa shape index (κ1) is 23.0. The van der Waals surface area contributed by atoms with Crippen molar-refractivity contribution in [3.8, 4) is 0 Å². The fourth-order valence-corrected chi connectivity index (χ4v) is 5.30. The van der Waals surface area contributed by atoms with E-state index in [9.17, 15) is 4.79 Å². The number of piperidine rings is 2. The Morgan fingerprint density at radius 1 is 1.09 bits per heavy atom. The zero-order valence-corrected chi connectivity index (χ0v) is 20.0. The molecular formula is C27H31N6O2+. The van der Waals surface area contributed by atoms with Crippen LogP contribution in [0.5, 0.6) is 0 Å². The maximum Gasteiger partial charge on any atom is 0.366 e. The van der Waals surface area contributed by atoms with E-state index in [0.29, 0.717) is 12.1 Å². The summed E-state index contributed by atoms with van der Waals surface area (Å²) in [5.41, 5.74) is 3.13. The third-order valence-corrected chi connectivity index (χ3v) is 7.16. The Morgan fingerprint density at radius 3 is 2.63 bits per heavy atom. The summed E-state index contributed by atoms with van der Waals surface area (Å²) in [6, 6.07) is 15.5. The van der Waals surface area contributed by atoms with Gasteiger partial charge in [-0.2, -0.15) is 4.99 Å². The third kappa shape index (κ3) is 4.73. The Hall–Kier alpha value is -3.81. The van der Waals surface area contributed by atoms with Crippen molar-refractivity contribution in [2.24, 2.45) is 10.4 Å². The molecule has 2 fully saturated rings. The van der Waals surface area contributed by atoms with Crippen LogP contribution in [0.4, 0.5) is 5.82 Å². The Balaban J connectivity index is 1.27. The topological polar surface area (TPSA) is 108 Å². The molecule has 3 aromatic rings. The summed E-state index contributed by atoms with van der Waals surface area (Å²) < 4.78 is 0. The molecule has 8 nitrogen and oxygen atoms in total. The molecule has 2 aliphatic rings. The van der Waals surface area contributed by atoms with Gasteiger partial charge in [-0.1, -0.05) is 24.3 Å².